The molecule has 1 fully saturated rings. The van der Waals surface area contributed by atoms with Crippen LogP contribution in [0.2, 0.25) is 0 Å². The molecule has 2 rings (SSSR count). The van der Waals surface area contributed by atoms with Crippen LogP contribution in [-0.4, -0.2) is 28.4 Å². The first kappa shape index (κ1) is 12.8. The van der Waals surface area contributed by atoms with E-state index in [4.69, 9.17) is 5.84 Å². The molecule has 1 aromatic rings. The fourth-order valence-corrected chi connectivity index (χ4v) is 2.40. The Morgan fingerprint density at radius 1 is 1.56 bits per heavy atom. The lowest BCUT2D eigenvalue weighted by atomic mass is 10.0. The number of anilines is 1. The van der Waals surface area contributed by atoms with Gasteiger partial charge in [0.15, 0.2) is 0 Å². The van der Waals surface area contributed by atoms with Crippen molar-refractivity contribution >= 4 is 11.6 Å². The number of aromatic nitrogens is 1. The minimum absolute atomic E-state index is 0.0163. The molecule has 5 nitrogen and oxygen atoms in total. The normalized spacial score (nSPS) is 19.7. The highest BCUT2D eigenvalue weighted by Crippen LogP contribution is 2.22. The summed E-state index contributed by atoms with van der Waals surface area (Å²) < 4.78 is 0. The van der Waals surface area contributed by atoms with Crippen molar-refractivity contribution in [2.75, 3.05) is 12.0 Å². The van der Waals surface area contributed by atoms with Crippen molar-refractivity contribution in [3.8, 4) is 0 Å². The van der Waals surface area contributed by atoms with Crippen molar-refractivity contribution in [1.29, 1.82) is 0 Å². The maximum Gasteiger partial charge on any atom is 0.257 e. The monoisotopic (exact) mass is 248 g/mol. The van der Waals surface area contributed by atoms with Gasteiger partial charge >= 0.3 is 0 Å². The van der Waals surface area contributed by atoms with Crippen molar-refractivity contribution in [3.63, 3.8) is 0 Å². The molecule has 0 aromatic carbocycles. The molecule has 18 heavy (non-hydrogen) atoms. The van der Waals surface area contributed by atoms with Gasteiger partial charge < -0.3 is 10.3 Å². The molecule has 1 atom stereocenters. The minimum atomic E-state index is 0.0163. The average Bonchev–Trinajstić information content (AvgIpc) is 2.38. The summed E-state index contributed by atoms with van der Waals surface area (Å²) in [7, 11) is 0. The number of nitrogens with one attached hydrogen (secondary N) is 1. The average molecular weight is 248 g/mol. The maximum atomic E-state index is 12.5. The number of carbonyl (C=O) groups excluding carboxylic acids is 1. The van der Waals surface area contributed by atoms with Gasteiger partial charge in [-0.05, 0) is 39.2 Å². The van der Waals surface area contributed by atoms with E-state index in [1.807, 2.05) is 11.8 Å². The molecule has 1 unspecified atom stereocenters. The summed E-state index contributed by atoms with van der Waals surface area (Å²) in [5, 5.41) is 0. The number of hydrogen-bond acceptors (Lipinski definition) is 4. The first-order valence-corrected chi connectivity index (χ1v) is 6.37. The molecule has 1 aromatic heterocycles. The molecule has 1 saturated heterocycles. The number of rotatable bonds is 2. The van der Waals surface area contributed by atoms with Crippen LogP contribution in [0.3, 0.4) is 0 Å². The second kappa shape index (κ2) is 5.35. The second-order valence-corrected chi connectivity index (χ2v) is 4.86. The Labute approximate surface area is 107 Å². The van der Waals surface area contributed by atoms with E-state index in [0.717, 1.165) is 25.1 Å². The molecule has 1 aliphatic heterocycles. The van der Waals surface area contributed by atoms with Crippen LogP contribution in [0, 0.1) is 6.92 Å². The van der Waals surface area contributed by atoms with Gasteiger partial charge in [0.1, 0.15) is 0 Å². The molecule has 5 heteroatoms. The summed E-state index contributed by atoms with van der Waals surface area (Å²) in [5.41, 5.74) is 4.62. The summed E-state index contributed by atoms with van der Waals surface area (Å²) in [6.45, 7) is 4.78. The fraction of sp³-hybridized carbons (Fsp3) is 0.538. The third kappa shape index (κ3) is 2.46. The van der Waals surface area contributed by atoms with Crippen molar-refractivity contribution in [1.82, 2.24) is 9.88 Å². The highest BCUT2D eigenvalue weighted by Gasteiger charge is 2.25. The fourth-order valence-electron chi connectivity index (χ4n) is 2.40. The highest BCUT2D eigenvalue weighted by molar-refractivity contribution is 5.99. The smallest absolute Gasteiger partial charge is 0.257 e. The number of pyridine rings is 1. The van der Waals surface area contributed by atoms with Gasteiger partial charge in [-0.1, -0.05) is 0 Å². The summed E-state index contributed by atoms with van der Waals surface area (Å²) in [4.78, 5) is 18.6. The predicted molar refractivity (Wildman–Crippen MR) is 71.1 cm³/mol. The van der Waals surface area contributed by atoms with Gasteiger partial charge in [-0.25, -0.2) is 0 Å². The summed E-state index contributed by atoms with van der Waals surface area (Å²) in [6.07, 6.45) is 4.93. The first-order valence-electron chi connectivity index (χ1n) is 6.37. The summed E-state index contributed by atoms with van der Waals surface area (Å²) >= 11 is 0. The molecule has 1 aliphatic rings. The third-order valence-electron chi connectivity index (χ3n) is 3.49. The van der Waals surface area contributed by atoms with Crippen LogP contribution in [0.5, 0.6) is 0 Å². The lowest BCUT2D eigenvalue weighted by molar-refractivity contribution is 0.0636. The summed E-state index contributed by atoms with van der Waals surface area (Å²) in [5.74, 6) is 5.49. The van der Waals surface area contributed by atoms with Crippen molar-refractivity contribution in [2.45, 2.75) is 39.2 Å². The largest absolute Gasteiger partial charge is 0.336 e. The Morgan fingerprint density at radius 2 is 2.33 bits per heavy atom. The molecule has 0 radical (unpaired) electrons. The number of amides is 1. The molecule has 0 aliphatic carbocycles. The lowest BCUT2D eigenvalue weighted by Gasteiger charge is -2.33. The lowest BCUT2D eigenvalue weighted by Crippen LogP contribution is -2.42. The third-order valence-corrected chi connectivity index (χ3v) is 3.49. The van der Waals surface area contributed by atoms with Crippen LogP contribution in [-0.2, 0) is 0 Å². The first-order chi connectivity index (χ1) is 8.63. The predicted octanol–water partition coefficient (Wildman–Crippen LogP) is 1.69. The molecule has 3 N–H and O–H groups in total. The zero-order valence-electron chi connectivity index (χ0n) is 10.9. The quantitative estimate of drug-likeness (QED) is 0.617. The van der Waals surface area contributed by atoms with E-state index in [2.05, 4.69) is 17.3 Å². The molecule has 2 heterocycles. The number of likely N-dealkylation sites (tertiary alicyclic amines) is 1. The van der Waals surface area contributed by atoms with E-state index >= 15 is 0 Å². The minimum Gasteiger partial charge on any atom is -0.336 e. The van der Waals surface area contributed by atoms with Gasteiger partial charge in [0.25, 0.3) is 5.91 Å². The highest BCUT2D eigenvalue weighted by atomic mass is 16.2. The Balaban J connectivity index is 2.27. The summed E-state index contributed by atoms with van der Waals surface area (Å²) in [6, 6.07) is 2.08. The van der Waals surface area contributed by atoms with Gasteiger partial charge in [-0.3, -0.25) is 15.6 Å². The van der Waals surface area contributed by atoms with Crippen LogP contribution in [0.1, 0.15) is 42.2 Å². The number of hydrogen-bond donors (Lipinski definition) is 2. The molecule has 0 spiro atoms. The van der Waals surface area contributed by atoms with Crippen molar-refractivity contribution in [2.24, 2.45) is 5.84 Å². The number of nitrogens with zero attached hydrogens (tertiary/aromatic N) is 2. The Morgan fingerprint density at radius 3 is 3.00 bits per heavy atom. The van der Waals surface area contributed by atoms with Gasteiger partial charge in [0.2, 0.25) is 0 Å². The van der Waals surface area contributed by atoms with Gasteiger partial charge in [0.05, 0.1) is 11.3 Å². The van der Waals surface area contributed by atoms with Gasteiger partial charge in [-0.15, -0.1) is 0 Å². The topological polar surface area (TPSA) is 71.2 Å². The second-order valence-electron chi connectivity index (χ2n) is 4.86. The zero-order chi connectivity index (χ0) is 13.1. The van der Waals surface area contributed by atoms with Crippen LogP contribution in [0.25, 0.3) is 0 Å². The standard InChI is InChI=1S/C13H20N4O/c1-9-7-12(16-14)11(8-15-9)13(18)17-6-4-3-5-10(17)2/h7-8,10H,3-6,14H2,1-2H3,(H,15,16). The number of aryl methyl sites for hydroxylation is 1. The number of nitrogen functional groups attached to an aromatic ring is 1. The Kier molecular flexibility index (Phi) is 3.81. The van der Waals surface area contributed by atoms with Crippen LogP contribution in [0.4, 0.5) is 5.69 Å². The molecule has 1 amide bonds. The molecular weight excluding hydrogens is 228 g/mol. The van der Waals surface area contributed by atoms with Crippen molar-refractivity contribution in [3.05, 3.63) is 23.5 Å². The van der Waals surface area contributed by atoms with Crippen LogP contribution < -0.4 is 11.3 Å². The van der Waals surface area contributed by atoms with Crippen LogP contribution in [0.15, 0.2) is 12.3 Å². The SMILES string of the molecule is Cc1cc(NN)c(C(=O)N2CCCCC2C)cn1. The van der Waals surface area contributed by atoms with E-state index in [1.165, 1.54) is 6.42 Å². The molecule has 0 bridgehead atoms. The molecule has 0 saturated carbocycles. The van der Waals surface area contributed by atoms with Crippen molar-refractivity contribution < 1.29 is 4.79 Å². The van der Waals surface area contributed by atoms with E-state index in [0.29, 0.717) is 11.3 Å². The van der Waals surface area contributed by atoms with Gasteiger partial charge in [-0.2, -0.15) is 0 Å². The Hall–Kier alpha value is -1.62. The van der Waals surface area contributed by atoms with E-state index < -0.39 is 0 Å². The molecule has 98 valence electrons. The van der Waals surface area contributed by atoms with Gasteiger partial charge in [0, 0.05) is 24.5 Å². The van der Waals surface area contributed by atoms with Crippen LogP contribution >= 0.6 is 0 Å². The van der Waals surface area contributed by atoms with E-state index in [9.17, 15) is 4.79 Å². The number of carbonyl (C=O) groups is 1. The molecular formula is C13H20N4O. The number of hydrazine groups is 1. The van der Waals surface area contributed by atoms with E-state index in [1.54, 1.807) is 12.3 Å². The number of piperidine rings is 1. The Bertz CT molecular complexity index is 447. The van der Waals surface area contributed by atoms with E-state index in [-0.39, 0.29) is 11.9 Å². The number of nitrogens with two attached hydrogens (primary N) is 1. The maximum absolute atomic E-state index is 12.5. The zero-order valence-corrected chi connectivity index (χ0v) is 10.9.